The normalized spacial score (nSPS) is 16.7. The predicted molar refractivity (Wildman–Crippen MR) is 80.5 cm³/mol. The Bertz CT molecular complexity index is 655. The Kier molecular flexibility index (Phi) is 3.19. The number of hydrogen-bond donors (Lipinski definition) is 1. The topological polar surface area (TPSA) is 12.0 Å². The van der Waals surface area contributed by atoms with E-state index in [0.29, 0.717) is 6.04 Å². The molecule has 2 aromatic rings. The van der Waals surface area contributed by atoms with Crippen LogP contribution in [0.2, 0.25) is 5.02 Å². The van der Waals surface area contributed by atoms with Gasteiger partial charge >= 0.3 is 0 Å². The number of terminal acetylenes is 1. The van der Waals surface area contributed by atoms with Crippen LogP contribution in [0.3, 0.4) is 0 Å². The zero-order valence-electron chi connectivity index (χ0n) is 10.5. The molecular weight excluding hydrogens is 254 g/mol. The van der Waals surface area contributed by atoms with Crippen LogP contribution in [-0.4, -0.2) is 0 Å². The summed E-state index contributed by atoms with van der Waals surface area (Å²) in [5, 5.41) is 4.37. The van der Waals surface area contributed by atoms with Crippen LogP contribution in [0.4, 0.5) is 5.69 Å². The van der Waals surface area contributed by atoms with Crippen molar-refractivity contribution in [2.24, 2.45) is 0 Å². The third-order valence-corrected chi connectivity index (χ3v) is 3.79. The van der Waals surface area contributed by atoms with Gasteiger partial charge in [0.1, 0.15) is 0 Å². The van der Waals surface area contributed by atoms with E-state index in [2.05, 4.69) is 29.4 Å². The van der Waals surface area contributed by atoms with Crippen LogP contribution in [0, 0.1) is 12.3 Å². The summed E-state index contributed by atoms with van der Waals surface area (Å²) in [6, 6.07) is 14.5. The summed E-state index contributed by atoms with van der Waals surface area (Å²) in [5.74, 6) is 2.66. The fourth-order valence-corrected chi connectivity index (χ4v) is 2.83. The van der Waals surface area contributed by atoms with Gasteiger partial charge in [-0.1, -0.05) is 29.7 Å². The van der Waals surface area contributed by atoms with Gasteiger partial charge in [-0.05, 0) is 54.3 Å². The first kappa shape index (κ1) is 12.1. The highest BCUT2D eigenvalue weighted by atomic mass is 35.5. The summed E-state index contributed by atoms with van der Waals surface area (Å²) in [5.41, 5.74) is 4.66. The summed E-state index contributed by atoms with van der Waals surface area (Å²) in [6.07, 6.45) is 7.59. The molecule has 0 aromatic heterocycles. The lowest BCUT2D eigenvalue weighted by Crippen LogP contribution is -2.07. The molecule has 1 aliphatic carbocycles. The van der Waals surface area contributed by atoms with Gasteiger partial charge in [0.25, 0.3) is 0 Å². The van der Waals surface area contributed by atoms with Crippen molar-refractivity contribution in [1.82, 2.24) is 0 Å². The van der Waals surface area contributed by atoms with E-state index in [-0.39, 0.29) is 0 Å². The Labute approximate surface area is 118 Å². The molecule has 0 saturated carbocycles. The minimum Gasteiger partial charge on any atom is -0.378 e. The maximum Gasteiger partial charge on any atom is 0.0519 e. The third kappa shape index (κ3) is 2.45. The van der Waals surface area contributed by atoms with Gasteiger partial charge in [-0.15, -0.1) is 6.42 Å². The zero-order chi connectivity index (χ0) is 13.2. The van der Waals surface area contributed by atoms with Gasteiger partial charge in [0.05, 0.1) is 6.04 Å². The second-order valence-electron chi connectivity index (χ2n) is 4.80. The van der Waals surface area contributed by atoms with Crippen LogP contribution < -0.4 is 5.32 Å². The zero-order valence-corrected chi connectivity index (χ0v) is 11.2. The fourth-order valence-electron chi connectivity index (χ4n) is 2.64. The van der Waals surface area contributed by atoms with E-state index in [1.165, 1.54) is 11.1 Å². The monoisotopic (exact) mass is 267 g/mol. The number of nitrogens with one attached hydrogen (secondary N) is 1. The quantitative estimate of drug-likeness (QED) is 0.794. The Morgan fingerprint density at radius 3 is 2.95 bits per heavy atom. The van der Waals surface area contributed by atoms with Crippen molar-refractivity contribution in [3.63, 3.8) is 0 Å². The van der Waals surface area contributed by atoms with E-state index in [9.17, 15) is 0 Å². The SMILES string of the molecule is C#Cc1cccc(NC2CCc3cc(Cl)ccc32)c1. The second kappa shape index (κ2) is 4.99. The molecule has 1 aliphatic rings. The second-order valence-corrected chi connectivity index (χ2v) is 5.24. The molecule has 0 bridgehead atoms. The van der Waals surface area contributed by atoms with Gasteiger partial charge < -0.3 is 5.32 Å². The number of hydrogen-bond acceptors (Lipinski definition) is 1. The minimum absolute atomic E-state index is 0.347. The fraction of sp³-hybridized carbons (Fsp3) is 0.176. The van der Waals surface area contributed by atoms with Crippen molar-refractivity contribution in [3.05, 3.63) is 64.2 Å². The number of fused-ring (bicyclic) bond motifs is 1. The summed E-state index contributed by atoms with van der Waals surface area (Å²) in [4.78, 5) is 0. The molecule has 0 aliphatic heterocycles. The van der Waals surface area contributed by atoms with E-state index >= 15 is 0 Å². The van der Waals surface area contributed by atoms with Crippen molar-refractivity contribution >= 4 is 17.3 Å². The van der Waals surface area contributed by atoms with Gasteiger partial charge in [0.15, 0.2) is 0 Å². The lowest BCUT2D eigenvalue weighted by Gasteiger charge is -2.15. The first-order valence-electron chi connectivity index (χ1n) is 6.38. The molecule has 1 N–H and O–H groups in total. The van der Waals surface area contributed by atoms with Crippen molar-refractivity contribution in [2.75, 3.05) is 5.32 Å². The molecule has 1 atom stereocenters. The Hall–Kier alpha value is -1.91. The van der Waals surface area contributed by atoms with Crippen molar-refractivity contribution in [3.8, 4) is 12.3 Å². The Balaban J connectivity index is 1.85. The third-order valence-electron chi connectivity index (χ3n) is 3.55. The molecule has 0 amide bonds. The highest BCUT2D eigenvalue weighted by Crippen LogP contribution is 2.35. The van der Waals surface area contributed by atoms with Crippen molar-refractivity contribution < 1.29 is 0 Å². The van der Waals surface area contributed by atoms with Gasteiger partial charge in [-0.3, -0.25) is 0 Å². The van der Waals surface area contributed by atoms with Crippen LogP contribution in [0.1, 0.15) is 29.2 Å². The van der Waals surface area contributed by atoms with Crippen LogP contribution in [0.25, 0.3) is 0 Å². The molecular formula is C17H14ClN. The molecule has 0 saturated heterocycles. The molecule has 2 heteroatoms. The maximum absolute atomic E-state index is 6.03. The Morgan fingerprint density at radius 1 is 1.21 bits per heavy atom. The molecule has 0 radical (unpaired) electrons. The average Bonchev–Trinajstić information content (AvgIpc) is 2.81. The maximum atomic E-state index is 6.03. The van der Waals surface area contributed by atoms with E-state index in [1.807, 2.05) is 24.3 Å². The largest absolute Gasteiger partial charge is 0.378 e. The summed E-state index contributed by atoms with van der Waals surface area (Å²) in [6.45, 7) is 0. The number of halogens is 1. The van der Waals surface area contributed by atoms with E-state index in [4.69, 9.17) is 18.0 Å². The summed E-state index contributed by atoms with van der Waals surface area (Å²) >= 11 is 6.03. The molecule has 19 heavy (non-hydrogen) atoms. The molecule has 2 aromatic carbocycles. The number of rotatable bonds is 2. The van der Waals surface area contributed by atoms with Crippen molar-refractivity contribution in [2.45, 2.75) is 18.9 Å². The lowest BCUT2D eigenvalue weighted by molar-refractivity contribution is 0.762. The first-order chi connectivity index (χ1) is 9.26. The molecule has 3 rings (SSSR count). The average molecular weight is 268 g/mol. The van der Waals surface area contributed by atoms with Crippen LogP contribution in [0.15, 0.2) is 42.5 Å². The minimum atomic E-state index is 0.347. The highest BCUT2D eigenvalue weighted by Gasteiger charge is 2.22. The number of benzene rings is 2. The summed E-state index contributed by atoms with van der Waals surface area (Å²) < 4.78 is 0. The molecule has 0 heterocycles. The number of aryl methyl sites for hydroxylation is 1. The van der Waals surface area contributed by atoms with Crippen LogP contribution in [0.5, 0.6) is 0 Å². The molecule has 0 spiro atoms. The lowest BCUT2D eigenvalue weighted by atomic mass is 10.1. The highest BCUT2D eigenvalue weighted by molar-refractivity contribution is 6.30. The van der Waals surface area contributed by atoms with E-state index < -0.39 is 0 Å². The van der Waals surface area contributed by atoms with Crippen LogP contribution in [-0.2, 0) is 6.42 Å². The standard InChI is InChI=1S/C17H14ClN/c1-2-12-4-3-5-15(10-12)19-17-9-6-13-11-14(18)7-8-16(13)17/h1,3-5,7-8,10-11,17,19H,6,9H2. The molecule has 1 unspecified atom stereocenters. The van der Waals surface area contributed by atoms with Gasteiger partial charge in [0, 0.05) is 16.3 Å². The van der Waals surface area contributed by atoms with Gasteiger partial charge in [-0.2, -0.15) is 0 Å². The predicted octanol–water partition coefficient (Wildman–Crippen LogP) is 4.42. The summed E-state index contributed by atoms with van der Waals surface area (Å²) in [7, 11) is 0. The van der Waals surface area contributed by atoms with Crippen molar-refractivity contribution in [1.29, 1.82) is 0 Å². The van der Waals surface area contributed by atoms with E-state index in [0.717, 1.165) is 29.1 Å². The van der Waals surface area contributed by atoms with Gasteiger partial charge in [0.2, 0.25) is 0 Å². The first-order valence-corrected chi connectivity index (χ1v) is 6.75. The number of anilines is 1. The van der Waals surface area contributed by atoms with E-state index in [1.54, 1.807) is 0 Å². The van der Waals surface area contributed by atoms with Gasteiger partial charge in [-0.25, -0.2) is 0 Å². The molecule has 94 valence electrons. The molecule has 0 fully saturated rings. The van der Waals surface area contributed by atoms with Crippen LogP contribution >= 0.6 is 11.6 Å². The Morgan fingerprint density at radius 2 is 2.11 bits per heavy atom. The smallest absolute Gasteiger partial charge is 0.0519 e. The molecule has 1 nitrogen and oxygen atoms in total.